The number of nitro benzene ring substituents is 1. The maximum absolute atomic E-state index is 10.7. The van der Waals surface area contributed by atoms with Gasteiger partial charge < -0.3 is 10.8 Å². The van der Waals surface area contributed by atoms with Gasteiger partial charge in [0.1, 0.15) is 6.04 Å². The van der Waals surface area contributed by atoms with Crippen molar-refractivity contribution in [3.8, 4) is 0 Å². The summed E-state index contributed by atoms with van der Waals surface area (Å²) in [6, 6.07) is 4.76. The van der Waals surface area contributed by atoms with Crippen molar-refractivity contribution in [2.75, 3.05) is 0 Å². The van der Waals surface area contributed by atoms with E-state index >= 15 is 0 Å². The van der Waals surface area contributed by atoms with Crippen molar-refractivity contribution in [3.63, 3.8) is 0 Å². The standard InChI is InChI=1S/C10H12N2O4/c1-6(9(11)10(13)14)7-3-2-4-8(5-7)12(15)16/h2-6,9H,11H2,1H3,(H,13,14). The van der Waals surface area contributed by atoms with Gasteiger partial charge in [-0.15, -0.1) is 0 Å². The number of aliphatic carboxylic acids is 1. The average Bonchev–Trinajstić information content (AvgIpc) is 2.27. The van der Waals surface area contributed by atoms with E-state index < -0.39 is 22.9 Å². The van der Waals surface area contributed by atoms with Crippen LogP contribution in [0.1, 0.15) is 18.4 Å². The number of hydrogen-bond acceptors (Lipinski definition) is 4. The molecule has 0 aliphatic carbocycles. The van der Waals surface area contributed by atoms with Crippen LogP contribution in [0.25, 0.3) is 0 Å². The molecule has 1 rings (SSSR count). The van der Waals surface area contributed by atoms with Crippen LogP contribution in [-0.4, -0.2) is 22.0 Å². The summed E-state index contributed by atoms with van der Waals surface area (Å²) in [7, 11) is 0. The third kappa shape index (κ3) is 2.54. The Balaban J connectivity index is 3.00. The van der Waals surface area contributed by atoms with Gasteiger partial charge >= 0.3 is 5.97 Å². The van der Waals surface area contributed by atoms with Crippen LogP contribution >= 0.6 is 0 Å². The lowest BCUT2D eigenvalue weighted by atomic mass is 9.94. The summed E-state index contributed by atoms with van der Waals surface area (Å²) in [5.74, 6) is -1.60. The van der Waals surface area contributed by atoms with Crippen molar-refractivity contribution in [1.29, 1.82) is 0 Å². The Bertz CT molecular complexity index is 419. The molecule has 16 heavy (non-hydrogen) atoms. The SMILES string of the molecule is CC(c1cccc([N+](=O)[O-])c1)C(N)C(=O)O. The van der Waals surface area contributed by atoms with Gasteiger partial charge in [0, 0.05) is 18.1 Å². The van der Waals surface area contributed by atoms with Gasteiger partial charge in [0.05, 0.1) is 4.92 Å². The molecule has 1 aromatic carbocycles. The first-order chi connectivity index (χ1) is 7.43. The molecule has 0 spiro atoms. The molecule has 0 heterocycles. The van der Waals surface area contributed by atoms with Gasteiger partial charge in [-0.2, -0.15) is 0 Å². The minimum absolute atomic E-state index is 0.0676. The van der Waals surface area contributed by atoms with Crippen LogP contribution in [0.3, 0.4) is 0 Å². The largest absolute Gasteiger partial charge is 0.480 e. The molecule has 0 aliphatic heterocycles. The first-order valence-electron chi connectivity index (χ1n) is 4.66. The number of carboxylic acid groups (broad SMARTS) is 1. The minimum Gasteiger partial charge on any atom is -0.480 e. The number of hydrogen-bond donors (Lipinski definition) is 2. The summed E-state index contributed by atoms with van der Waals surface area (Å²) in [6.07, 6.45) is 0. The summed E-state index contributed by atoms with van der Waals surface area (Å²) in [6.45, 7) is 1.62. The molecule has 0 fully saturated rings. The summed E-state index contributed by atoms with van der Waals surface area (Å²) >= 11 is 0. The summed E-state index contributed by atoms with van der Waals surface area (Å²) in [4.78, 5) is 20.7. The van der Waals surface area contributed by atoms with Crippen LogP contribution in [0.5, 0.6) is 0 Å². The Hall–Kier alpha value is -1.95. The van der Waals surface area contributed by atoms with E-state index in [1.54, 1.807) is 13.0 Å². The van der Waals surface area contributed by atoms with Crippen molar-refractivity contribution in [1.82, 2.24) is 0 Å². The van der Waals surface area contributed by atoms with Crippen LogP contribution in [0.4, 0.5) is 5.69 Å². The zero-order valence-corrected chi connectivity index (χ0v) is 8.66. The Kier molecular flexibility index (Phi) is 3.57. The minimum atomic E-state index is -1.13. The molecular formula is C10H12N2O4. The predicted molar refractivity (Wildman–Crippen MR) is 57.1 cm³/mol. The van der Waals surface area contributed by atoms with Crippen molar-refractivity contribution >= 4 is 11.7 Å². The molecule has 2 unspecified atom stereocenters. The lowest BCUT2D eigenvalue weighted by Gasteiger charge is -2.15. The van der Waals surface area contributed by atoms with Gasteiger partial charge in [0.25, 0.3) is 5.69 Å². The van der Waals surface area contributed by atoms with Crippen LogP contribution in [0, 0.1) is 10.1 Å². The third-order valence-electron chi connectivity index (χ3n) is 2.43. The highest BCUT2D eigenvalue weighted by atomic mass is 16.6. The number of nitro groups is 1. The maximum atomic E-state index is 10.7. The van der Waals surface area contributed by atoms with Gasteiger partial charge in [0.15, 0.2) is 0 Å². The molecule has 2 atom stereocenters. The maximum Gasteiger partial charge on any atom is 0.321 e. The van der Waals surface area contributed by atoms with Gasteiger partial charge in [-0.3, -0.25) is 14.9 Å². The Morgan fingerprint density at radius 2 is 2.19 bits per heavy atom. The summed E-state index contributed by atoms with van der Waals surface area (Å²) in [5.41, 5.74) is 5.93. The van der Waals surface area contributed by atoms with Gasteiger partial charge in [-0.05, 0) is 5.56 Å². The summed E-state index contributed by atoms with van der Waals surface area (Å²) in [5, 5.41) is 19.3. The quantitative estimate of drug-likeness (QED) is 0.588. The lowest BCUT2D eigenvalue weighted by molar-refractivity contribution is -0.384. The number of carbonyl (C=O) groups is 1. The summed E-state index contributed by atoms with van der Waals surface area (Å²) < 4.78 is 0. The van der Waals surface area contributed by atoms with Crippen LogP contribution in [0.2, 0.25) is 0 Å². The highest BCUT2D eigenvalue weighted by Crippen LogP contribution is 2.22. The van der Waals surface area contributed by atoms with E-state index in [1.807, 2.05) is 0 Å². The average molecular weight is 224 g/mol. The highest BCUT2D eigenvalue weighted by Gasteiger charge is 2.22. The van der Waals surface area contributed by atoms with Crippen molar-refractivity contribution in [3.05, 3.63) is 39.9 Å². The second-order valence-electron chi connectivity index (χ2n) is 3.50. The van der Waals surface area contributed by atoms with Crippen molar-refractivity contribution < 1.29 is 14.8 Å². The number of nitrogens with two attached hydrogens (primary N) is 1. The van der Waals surface area contributed by atoms with Gasteiger partial charge in [-0.1, -0.05) is 19.1 Å². The molecule has 0 radical (unpaired) electrons. The molecule has 3 N–H and O–H groups in total. The predicted octanol–water partition coefficient (Wildman–Crippen LogP) is 1.11. The molecule has 0 amide bonds. The zero-order chi connectivity index (χ0) is 12.3. The number of benzene rings is 1. The van der Waals surface area contributed by atoms with Crippen molar-refractivity contribution in [2.45, 2.75) is 18.9 Å². The zero-order valence-electron chi connectivity index (χ0n) is 8.66. The van der Waals surface area contributed by atoms with Crippen molar-refractivity contribution in [2.24, 2.45) is 5.73 Å². The van der Waals surface area contributed by atoms with E-state index in [1.165, 1.54) is 18.2 Å². The molecule has 1 aromatic rings. The molecule has 0 saturated carbocycles. The third-order valence-corrected chi connectivity index (χ3v) is 2.43. The smallest absolute Gasteiger partial charge is 0.321 e. The van der Waals surface area contributed by atoms with E-state index in [0.717, 1.165) is 0 Å². The topological polar surface area (TPSA) is 106 Å². The Morgan fingerprint density at radius 3 is 2.69 bits per heavy atom. The fraction of sp³-hybridized carbons (Fsp3) is 0.300. The first-order valence-corrected chi connectivity index (χ1v) is 4.66. The molecule has 86 valence electrons. The van der Waals surface area contributed by atoms with E-state index in [9.17, 15) is 14.9 Å². The second kappa shape index (κ2) is 4.71. The number of rotatable bonds is 4. The molecule has 6 heteroatoms. The van der Waals surface area contributed by atoms with E-state index in [-0.39, 0.29) is 5.69 Å². The van der Waals surface area contributed by atoms with Crippen LogP contribution in [-0.2, 0) is 4.79 Å². The number of nitrogens with zero attached hydrogens (tertiary/aromatic N) is 1. The number of non-ortho nitro benzene ring substituents is 1. The van der Waals surface area contributed by atoms with E-state index in [2.05, 4.69) is 0 Å². The van der Waals surface area contributed by atoms with Gasteiger partial charge in [-0.25, -0.2) is 0 Å². The monoisotopic (exact) mass is 224 g/mol. The molecule has 0 saturated heterocycles. The molecule has 0 aliphatic rings. The lowest BCUT2D eigenvalue weighted by Crippen LogP contribution is -2.35. The molecule has 6 nitrogen and oxygen atoms in total. The van der Waals surface area contributed by atoms with Gasteiger partial charge in [0.2, 0.25) is 0 Å². The fourth-order valence-corrected chi connectivity index (χ4v) is 1.34. The van der Waals surface area contributed by atoms with E-state index in [0.29, 0.717) is 5.56 Å². The first kappa shape index (κ1) is 12.1. The normalized spacial score (nSPS) is 14.1. The second-order valence-corrected chi connectivity index (χ2v) is 3.50. The molecule has 0 bridgehead atoms. The van der Waals surface area contributed by atoms with Crippen LogP contribution < -0.4 is 5.73 Å². The molecular weight excluding hydrogens is 212 g/mol. The highest BCUT2D eigenvalue weighted by molar-refractivity contribution is 5.74. The van der Waals surface area contributed by atoms with Crippen LogP contribution in [0.15, 0.2) is 24.3 Å². The van der Waals surface area contributed by atoms with E-state index in [4.69, 9.17) is 10.8 Å². The Labute approximate surface area is 91.8 Å². The Morgan fingerprint density at radius 1 is 1.56 bits per heavy atom. The fourth-order valence-electron chi connectivity index (χ4n) is 1.34. The number of carboxylic acids is 1. The molecule has 0 aromatic heterocycles.